The van der Waals surface area contributed by atoms with Gasteiger partial charge >= 0.3 is 0 Å². The second kappa shape index (κ2) is 5.46. The first kappa shape index (κ1) is 11.6. The molecule has 0 aliphatic carbocycles. The molecule has 0 N–H and O–H groups in total. The minimum Gasteiger partial charge on any atom is -0.768 e. The maximum atomic E-state index is 11.1. The molecule has 0 aromatic heterocycles. The average Bonchev–Trinajstić information content (AvgIpc) is 2.57. The van der Waals surface area contributed by atoms with Crippen molar-refractivity contribution in [3.05, 3.63) is 24.3 Å². The van der Waals surface area contributed by atoms with Crippen LogP contribution in [0.1, 0.15) is 25.7 Å². The van der Waals surface area contributed by atoms with E-state index in [9.17, 15) is 8.76 Å². The highest BCUT2D eigenvalue weighted by Crippen LogP contribution is 2.25. The lowest BCUT2D eigenvalue weighted by Gasteiger charge is -2.25. The van der Waals surface area contributed by atoms with Crippen molar-refractivity contribution >= 4 is 16.8 Å². The molecule has 0 amide bonds. The Morgan fingerprint density at radius 3 is 2.31 bits per heavy atom. The normalized spacial score (nSPS) is 19.2. The van der Waals surface area contributed by atoms with Crippen molar-refractivity contribution in [3.8, 4) is 0 Å². The topological polar surface area (TPSA) is 43.4 Å². The van der Waals surface area contributed by atoms with Gasteiger partial charge in [-0.15, -0.1) is 0 Å². The molecule has 88 valence electrons. The number of benzene rings is 1. The second-order valence-corrected chi connectivity index (χ2v) is 5.01. The summed E-state index contributed by atoms with van der Waals surface area (Å²) in [4.78, 5) is 2.61. The van der Waals surface area contributed by atoms with Crippen molar-refractivity contribution in [3.63, 3.8) is 0 Å². The Kier molecular flexibility index (Phi) is 3.96. The van der Waals surface area contributed by atoms with Crippen LogP contribution in [0.5, 0.6) is 0 Å². The lowest BCUT2D eigenvalue weighted by Crippen LogP contribution is -2.25. The molecular weight excluding hydrogens is 222 g/mol. The van der Waals surface area contributed by atoms with Crippen LogP contribution in [0.2, 0.25) is 0 Å². The van der Waals surface area contributed by atoms with Gasteiger partial charge in [0.15, 0.2) is 0 Å². The molecule has 16 heavy (non-hydrogen) atoms. The monoisotopic (exact) mass is 238 g/mol. The third-order valence-corrected chi connectivity index (χ3v) is 3.70. The predicted octanol–water partition coefficient (Wildman–Crippen LogP) is 2.31. The summed E-state index contributed by atoms with van der Waals surface area (Å²) in [5.74, 6) is 0. The molecule has 1 heterocycles. The maximum Gasteiger partial charge on any atom is 0.0518 e. The van der Waals surface area contributed by atoms with E-state index >= 15 is 0 Å². The Morgan fingerprint density at radius 1 is 1.06 bits per heavy atom. The summed E-state index contributed by atoms with van der Waals surface area (Å²) >= 11 is -2.14. The van der Waals surface area contributed by atoms with Crippen molar-refractivity contribution in [2.75, 3.05) is 18.0 Å². The van der Waals surface area contributed by atoms with E-state index in [-0.39, 0.29) is 0 Å². The fourth-order valence-electron chi connectivity index (χ4n) is 2.17. The van der Waals surface area contributed by atoms with Gasteiger partial charge in [-0.05, 0) is 36.1 Å². The number of hydrogen-bond acceptors (Lipinski definition) is 3. The SMILES string of the molecule is O=S([O-])c1ccccc1N1CCCCCC1. The first-order valence-electron chi connectivity index (χ1n) is 5.72. The van der Waals surface area contributed by atoms with E-state index in [0.29, 0.717) is 4.90 Å². The predicted molar refractivity (Wildman–Crippen MR) is 64.3 cm³/mol. The Balaban J connectivity index is 2.27. The van der Waals surface area contributed by atoms with Crippen molar-refractivity contribution in [2.45, 2.75) is 30.6 Å². The van der Waals surface area contributed by atoms with Crippen LogP contribution in [0.25, 0.3) is 0 Å². The molecule has 0 saturated carbocycles. The van der Waals surface area contributed by atoms with Gasteiger partial charge in [0.1, 0.15) is 0 Å². The van der Waals surface area contributed by atoms with Crippen LogP contribution in [0.15, 0.2) is 29.2 Å². The smallest absolute Gasteiger partial charge is 0.0518 e. The lowest BCUT2D eigenvalue weighted by atomic mass is 10.2. The summed E-state index contributed by atoms with van der Waals surface area (Å²) in [5.41, 5.74) is 0.859. The zero-order valence-corrected chi connectivity index (χ0v) is 10.0. The van der Waals surface area contributed by atoms with Gasteiger partial charge in [-0.1, -0.05) is 25.0 Å². The van der Waals surface area contributed by atoms with Crippen LogP contribution in [0, 0.1) is 0 Å². The van der Waals surface area contributed by atoms with Gasteiger partial charge in [0.2, 0.25) is 0 Å². The van der Waals surface area contributed by atoms with Gasteiger partial charge < -0.3 is 9.45 Å². The third-order valence-electron chi connectivity index (χ3n) is 2.99. The Morgan fingerprint density at radius 2 is 1.69 bits per heavy atom. The van der Waals surface area contributed by atoms with Gasteiger partial charge in [0.05, 0.1) is 5.69 Å². The second-order valence-electron chi connectivity index (χ2n) is 4.10. The highest BCUT2D eigenvalue weighted by atomic mass is 32.2. The quantitative estimate of drug-likeness (QED) is 0.743. The van der Waals surface area contributed by atoms with Crippen LogP contribution in [0.3, 0.4) is 0 Å². The minimum absolute atomic E-state index is 0.421. The fraction of sp³-hybridized carbons (Fsp3) is 0.500. The molecule has 1 fully saturated rings. The van der Waals surface area contributed by atoms with E-state index < -0.39 is 11.1 Å². The van der Waals surface area contributed by atoms with Crippen LogP contribution < -0.4 is 4.90 Å². The van der Waals surface area contributed by atoms with Crippen LogP contribution in [-0.4, -0.2) is 21.9 Å². The zero-order valence-electron chi connectivity index (χ0n) is 9.22. The number of nitrogens with zero attached hydrogens (tertiary/aromatic N) is 1. The lowest BCUT2D eigenvalue weighted by molar-refractivity contribution is 0.536. The van der Waals surface area contributed by atoms with Crippen LogP contribution in [-0.2, 0) is 11.1 Å². The number of para-hydroxylation sites is 1. The molecule has 0 bridgehead atoms. The maximum absolute atomic E-state index is 11.1. The number of rotatable bonds is 2. The zero-order chi connectivity index (χ0) is 11.4. The summed E-state index contributed by atoms with van der Waals surface area (Å²) in [6.45, 7) is 1.93. The first-order valence-corrected chi connectivity index (χ1v) is 6.80. The molecule has 0 spiro atoms. The van der Waals surface area contributed by atoms with Crippen molar-refractivity contribution in [1.29, 1.82) is 0 Å². The average molecular weight is 238 g/mol. The van der Waals surface area contributed by atoms with Crippen molar-refractivity contribution in [1.82, 2.24) is 0 Å². The molecular formula is C12H16NO2S-. The fourth-order valence-corrected chi connectivity index (χ4v) is 2.73. The largest absolute Gasteiger partial charge is 0.768 e. The molecule has 1 aromatic carbocycles. The summed E-state index contributed by atoms with van der Waals surface area (Å²) in [6.07, 6.45) is 4.80. The van der Waals surface area contributed by atoms with E-state index in [1.165, 1.54) is 12.8 Å². The highest BCUT2D eigenvalue weighted by Gasteiger charge is 2.13. The molecule has 0 radical (unpaired) electrons. The summed E-state index contributed by atoms with van der Waals surface area (Å²) < 4.78 is 22.2. The molecule has 2 rings (SSSR count). The molecule has 1 aromatic rings. The molecule has 4 heteroatoms. The van der Waals surface area contributed by atoms with E-state index in [0.717, 1.165) is 31.6 Å². The molecule has 1 atom stereocenters. The Labute approximate surface area is 98.8 Å². The van der Waals surface area contributed by atoms with Gasteiger partial charge in [-0.25, -0.2) is 0 Å². The third kappa shape index (κ3) is 2.62. The van der Waals surface area contributed by atoms with Crippen LogP contribution >= 0.6 is 0 Å². The Hall–Kier alpha value is -0.870. The molecule has 1 unspecified atom stereocenters. The van der Waals surface area contributed by atoms with E-state index in [1.807, 2.05) is 12.1 Å². The van der Waals surface area contributed by atoms with Crippen molar-refractivity contribution in [2.24, 2.45) is 0 Å². The standard InChI is InChI=1S/C12H17NO2S/c14-16(15)12-8-4-3-7-11(12)13-9-5-1-2-6-10-13/h3-4,7-8H,1-2,5-6,9-10H2,(H,14,15)/p-1. The summed E-state index contributed by atoms with van der Waals surface area (Å²) in [5, 5.41) is 0. The molecule has 3 nitrogen and oxygen atoms in total. The van der Waals surface area contributed by atoms with E-state index in [1.54, 1.807) is 12.1 Å². The van der Waals surface area contributed by atoms with E-state index in [2.05, 4.69) is 4.90 Å². The highest BCUT2D eigenvalue weighted by molar-refractivity contribution is 7.79. The molecule has 1 aliphatic rings. The number of anilines is 1. The first-order chi connectivity index (χ1) is 7.79. The van der Waals surface area contributed by atoms with Gasteiger partial charge in [-0.2, -0.15) is 0 Å². The van der Waals surface area contributed by atoms with Gasteiger partial charge in [0.25, 0.3) is 0 Å². The van der Waals surface area contributed by atoms with Crippen molar-refractivity contribution < 1.29 is 8.76 Å². The van der Waals surface area contributed by atoms with Gasteiger partial charge in [0, 0.05) is 18.0 Å². The van der Waals surface area contributed by atoms with Gasteiger partial charge in [-0.3, -0.25) is 4.21 Å². The minimum atomic E-state index is -2.14. The molecule has 1 aliphatic heterocycles. The molecule has 1 saturated heterocycles. The summed E-state index contributed by atoms with van der Waals surface area (Å²) in [6, 6.07) is 7.24. The van der Waals surface area contributed by atoms with Crippen LogP contribution in [0.4, 0.5) is 5.69 Å². The van der Waals surface area contributed by atoms with E-state index in [4.69, 9.17) is 0 Å². The Bertz CT molecular complexity index is 373. The summed E-state index contributed by atoms with van der Waals surface area (Å²) in [7, 11) is 0. The number of hydrogen-bond donors (Lipinski definition) is 0.